The monoisotopic (exact) mass is 448 g/mol. The molecule has 2 aromatic carbocycles. The van der Waals surface area contributed by atoms with Crippen LogP contribution < -0.4 is 16.0 Å². The van der Waals surface area contributed by atoms with Crippen molar-refractivity contribution in [1.82, 2.24) is 10.2 Å². The van der Waals surface area contributed by atoms with Gasteiger partial charge in [-0.3, -0.25) is 19.3 Å². The first kappa shape index (κ1) is 22.5. The van der Waals surface area contributed by atoms with Gasteiger partial charge in [-0.2, -0.15) is 0 Å². The van der Waals surface area contributed by atoms with Crippen molar-refractivity contribution in [2.75, 3.05) is 17.2 Å². The van der Waals surface area contributed by atoms with E-state index in [1.165, 1.54) is 0 Å². The molecular weight excluding hydrogens is 420 g/mol. The van der Waals surface area contributed by atoms with Crippen molar-refractivity contribution in [2.24, 2.45) is 5.92 Å². The molecule has 1 saturated carbocycles. The van der Waals surface area contributed by atoms with Crippen molar-refractivity contribution in [2.45, 2.75) is 45.1 Å². The van der Waals surface area contributed by atoms with E-state index in [0.717, 1.165) is 29.7 Å². The highest BCUT2D eigenvalue weighted by Gasteiger charge is 2.55. The first-order chi connectivity index (χ1) is 15.8. The lowest BCUT2D eigenvalue weighted by Gasteiger charge is -2.36. The normalized spacial score (nSPS) is 22.2. The van der Waals surface area contributed by atoms with Gasteiger partial charge in [-0.05, 0) is 55.5 Å². The van der Waals surface area contributed by atoms with Gasteiger partial charge in [0.2, 0.25) is 5.91 Å². The van der Waals surface area contributed by atoms with Crippen molar-refractivity contribution >= 4 is 35.1 Å². The lowest BCUT2D eigenvalue weighted by molar-refractivity contribution is -0.136. The number of para-hydroxylation sites is 1. The smallest absolute Gasteiger partial charge is 0.324 e. The van der Waals surface area contributed by atoms with E-state index in [-0.39, 0.29) is 23.3 Å². The van der Waals surface area contributed by atoms with E-state index in [9.17, 15) is 19.2 Å². The minimum atomic E-state index is -0.915. The lowest BCUT2D eigenvalue weighted by atomic mass is 9.73. The summed E-state index contributed by atoms with van der Waals surface area (Å²) >= 11 is 0. The molecule has 8 nitrogen and oxygen atoms in total. The van der Waals surface area contributed by atoms with Crippen LogP contribution >= 0.6 is 0 Å². The van der Waals surface area contributed by atoms with Gasteiger partial charge in [0.05, 0.1) is 11.3 Å². The van der Waals surface area contributed by atoms with Gasteiger partial charge in [0.15, 0.2) is 0 Å². The molecule has 0 aromatic heterocycles. The molecule has 0 bridgehead atoms. The van der Waals surface area contributed by atoms with Gasteiger partial charge in [0.25, 0.3) is 11.8 Å². The third kappa shape index (κ3) is 4.46. The number of anilines is 2. The lowest BCUT2D eigenvalue weighted by Crippen LogP contribution is -2.54. The Hall–Kier alpha value is -3.68. The number of nitrogens with one attached hydrogen (secondary N) is 3. The maximum atomic E-state index is 13.1. The number of nitrogens with zero attached hydrogens (tertiary/aromatic N) is 1. The van der Waals surface area contributed by atoms with E-state index in [1.807, 2.05) is 32.0 Å². The third-order valence-electron chi connectivity index (χ3n) is 6.52. The Balaban J connectivity index is 1.46. The maximum Gasteiger partial charge on any atom is 0.325 e. The van der Waals surface area contributed by atoms with Crippen LogP contribution in [0.3, 0.4) is 0 Å². The summed E-state index contributed by atoms with van der Waals surface area (Å²) in [5.41, 5.74) is 1.32. The Kier molecular flexibility index (Phi) is 6.18. The zero-order valence-electron chi connectivity index (χ0n) is 18.8. The van der Waals surface area contributed by atoms with Gasteiger partial charge in [0, 0.05) is 5.69 Å². The van der Waals surface area contributed by atoms with Crippen LogP contribution in [0, 0.1) is 12.8 Å². The topological polar surface area (TPSA) is 108 Å². The van der Waals surface area contributed by atoms with Crippen molar-refractivity contribution in [3.63, 3.8) is 0 Å². The van der Waals surface area contributed by atoms with E-state index in [0.29, 0.717) is 17.8 Å². The molecule has 0 radical (unpaired) electrons. The van der Waals surface area contributed by atoms with Crippen LogP contribution in [0.1, 0.15) is 48.5 Å². The number of amides is 5. The largest absolute Gasteiger partial charge is 0.325 e. The molecule has 1 aliphatic carbocycles. The number of aryl methyl sites for hydroxylation is 1. The number of hydrogen-bond donors (Lipinski definition) is 3. The minimum Gasteiger partial charge on any atom is -0.324 e. The van der Waals surface area contributed by atoms with E-state index in [2.05, 4.69) is 16.0 Å². The molecule has 2 unspecified atom stereocenters. The molecule has 8 heteroatoms. The average molecular weight is 449 g/mol. The van der Waals surface area contributed by atoms with Crippen molar-refractivity contribution < 1.29 is 19.2 Å². The predicted molar refractivity (Wildman–Crippen MR) is 125 cm³/mol. The number of carbonyl (C=O) groups is 4. The average Bonchev–Trinajstić information content (AvgIpc) is 3.01. The fourth-order valence-electron chi connectivity index (χ4n) is 4.68. The minimum absolute atomic E-state index is 0.0156. The summed E-state index contributed by atoms with van der Waals surface area (Å²) in [7, 11) is 0. The Morgan fingerprint density at radius 1 is 1.09 bits per heavy atom. The van der Waals surface area contributed by atoms with Gasteiger partial charge in [-0.15, -0.1) is 0 Å². The number of rotatable bonds is 5. The van der Waals surface area contributed by atoms with Gasteiger partial charge in [0.1, 0.15) is 12.1 Å². The molecule has 4 rings (SSSR count). The Morgan fingerprint density at radius 2 is 1.88 bits per heavy atom. The number of hydrogen-bond acceptors (Lipinski definition) is 4. The standard InChI is InChI=1S/C25H28N4O4/c1-16-8-7-10-18(14-16)26-22(31)19-11-3-4-12-20(19)27-21(30)15-29-23(32)25(28-24(29)33)13-6-5-9-17(25)2/h3-4,7-8,10-12,14,17H,5-6,9,13,15H2,1-2H3,(H,26,31)(H,27,30)(H,28,33). The molecule has 172 valence electrons. The molecule has 33 heavy (non-hydrogen) atoms. The highest BCUT2D eigenvalue weighted by molar-refractivity contribution is 6.12. The van der Waals surface area contributed by atoms with Crippen LogP contribution in [0.4, 0.5) is 16.2 Å². The fourth-order valence-corrected chi connectivity index (χ4v) is 4.68. The SMILES string of the molecule is Cc1cccc(NC(=O)c2ccccc2NC(=O)CN2C(=O)NC3(CCCCC3C)C2=O)c1. The van der Waals surface area contributed by atoms with Crippen molar-refractivity contribution in [3.8, 4) is 0 Å². The third-order valence-corrected chi connectivity index (χ3v) is 6.52. The summed E-state index contributed by atoms with van der Waals surface area (Å²) in [6.45, 7) is 3.48. The van der Waals surface area contributed by atoms with Gasteiger partial charge in [-0.25, -0.2) is 4.79 Å². The molecule has 1 spiro atoms. The van der Waals surface area contributed by atoms with Crippen LogP contribution in [-0.2, 0) is 9.59 Å². The molecule has 1 heterocycles. The van der Waals surface area contributed by atoms with Crippen LogP contribution in [-0.4, -0.2) is 40.7 Å². The molecule has 5 amide bonds. The van der Waals surface area contributed by atoms with E-state index in [4.69, 9.17) is 0 Å². The predicted octanol–water partition coefficient (Wildman–Crippen LogP) is 3.69. The molecule has 1 aliphatic heterocycles. The highest BCUT2D eigenvalue weighted by Crippen LogP contribution is 2.38. The van der Waals surface area contributed by atoms with Crippen LogP contribution in [0.5, 0.6) is 0 Å². The second-order valence-corrected chi connectivity index (χ2v) is 8.86. The molecule has 2 aromatic rings. The van der Waals surface area contributed by atoms with Crippen LogP contribution in [0.15, 0.2) is 48.5 Å². The summed E-state index contributed by atoms with van der Waals surface area (Å²) in [5, 5.41) is 8.35. The van der Waals surface area contributed by atoms with Gasteiger partial charge >= 0.3 is 6.03 Å². The molecule has 2 atom stereocenters. The van der Waals surface area contributed by atoms with Gasteiger partial charge in [-0.1, -0.05) is 44.0 Å². The zero-order chi connectivity index (χ0) is 23.6. The summed E-state index contributed by atoms with van der Waals surface area (Å²) in [4.78, 5) is 52.2. The van der Waals surface area contributed by atoms with E-state index in [1.54, 1.807) is 30.3 Å². The fraction of sp³-hybridized carbons (Fsp3) is 0.360. The van der Waals surface area contributed by atoms with Crippen LogP contribution in [0.25, 0.3) is 0 Å². The maximum absolute atomic E-state index is 13.1. The van der Waals surface area contributed by atoms with Crippen molar-refractivity contribution in [1.29, 1.82) is 0 Å². The zero-order valence-corrected chi connectivity index (χ0v) is 18.8. The summed E-state index contributed by atoms with van der Waals surface area (Å²) < 4.78 is 0. The van der Waals surface area contributed by atoms with E-state index >= 15 is 0 Å². The molecule has 3 N–H and O–H groups in total. The summed E-state index contributed by atoms with van der Waals surface area (Å²) in [6, 6.07) is 13.5. The summed E-state index contributed by atoms with van der Waals surface area (Å²) in [6.07, 6.45) is 3.32. The highest BCUT2D eigenvalue weighted by atomic mass is 16.2. The number of urea groups is 1. The number of benzene rings is 2. The second kappa shape index (κ2) is 9.05. The Morgan fingerprint density at radius 3 is 2.64 bits per heavy atom. The summed E-state index contributed by atoms with van der Waals surface area (Å²) in [5.74, 6) is -1.25. The van der Waals surface area contributed by atoms with Crippen LogP contribution in [0.2, 0.25) is 0 Å². The molecule has 2 fully saturated rings. The van der Waals surface area contributed by atoms with Crippen molar-refractivity contribution in [3.05, 3.63) is 59.7 Å². The number of imide groups is 1. The van der Waals surface area contributed by atoms with E-state index < -0.39 is 24.0 Å². The first-order valence-corrected chi connectivity index (χ1v) is 11.2. The molecule has 2 aliphatic rings. The molecular formula is C25H28N4O4. The Labute approximate surface area is 192 Å². The molecule has 1 saturated heterocycles. The van der Waals surface area contributed by atoms with Gasteiger partial charge < -0.3 is 16.0 Å². The number of carbonyl (C=O) groups excluding carboxylic acids is 4. The second-order valence-electron chi connectivity index (χ2n) is 8.86. The quantitative estimate of drug-likeness (QED) is 0.607. The Bertz CT molecular complexity index is 1120. The first-order valence-electron chi connectivity index (χ1n) is 11.2.